The number of nitrogens with one attached hydrogen (secondary N) is 1. The molecule has 5 rings (SSSR count). The van der Waals surface area contributed by atoms with Gasteiger partial charge in [-0.2, -0.15) is 0 Å². The monoisotopic (exact) mass is 366 g/mol. The average Bonchev–Trinajstić information content (AvgIpc) is 2.93. The summed E-state index contributed by atoms with van der Waals surface area (Å²) in [4.78, 5) is 26.4. The number of rotatable bonds is 2. The highest BCUT2D eigenvalue weighted by molar-refractivity contribution is 5.84. The van der Waals surface area contributed by atoms with Gasteiger partial charge in [0.25, 0.3) is 0 Å². The van der Waals surface area contributed by atoms with E-state index < -0.39 is 0 Å². The number of hydrogen-bond acceptors (Lipinski definition) is 2. The van der Waals surface area contributed by atoms with Crippen molar-refractivity contribution in [1.29, 1.82) is 0 Å². The Hall–Kier alpha value is -1.84. The second kappa shape index (κ2) is 5.59. The summed E-state index contributed by atoms with van der Waals surface area (Å²) in [6, 6.07) is 9.07. The number of nitrogens with zero attached hydrogens (tertiary/aromatic N) is 1. The zero-order chi connectivity index (χ0) is 19.0. The molecule has 0 aromatic heterocycles. The molecule has 1 aromatic rings. The predicted octanol–water partition coefficient (Wildman–Crippen LogP) is 3.21. The summed E-state index contributed by atoms with van der Waals surface area (Å²) in [6.45, 7) is 8.63. The van der Waals surface area contributed by atoms with Crippen LogP contribution in [0.4, 0.5) is 0 Å². The fourth-order valence-corrected chi connectivity index (χ4v) is 5.81. The van der Waals surface area contributed by atoms with Crippen LogP contribution in [0.15, 0.2) is 24.3 Å². The highest BCUT2D eigenvalue weighted by Gasteiger charge is 2.59. The number of carbonyl (C=O) groups excluding carboxylic acids is 2. The molecule has 4 heteroatoms. The van der Waals surface area contributed by atoms with Crippen molar-refractivity contribution in [3.8, 4) is 0 Å². The summed E-state index contributed by atoms with van der Waals surface area (Å²) in [7, 11) is 0. The number of piperidine rings is 1. The molecule has 2 aliphatic carbocycles. The molecular formula is C23H30N2O2. The van der Waals surface area contributed by atoms with Crippen LogP contribution in [0.1, 0.15) is 63.5 Å². The van der Waals surface area contributed by atoms with E-state index in [1.54, 1.807) is 0 Å². The Bertz CT molecular complexity index is 791. The first-order chi connectivity index (χ1) is 12.8. The van der Waals surface area contributed by atoms with Gasteiger partial charge in [0.2, 0.25) is 11.8 Å². The van der Waals surface area contributed by atoms with E-state index in [1.165, 1.54) is 11.1 Å². The SMILES string of the molecule is CC(C)(C)c1cccc([C@H]2[C@@H]3CN(C(=O)C4CC5(CCC(=O)N5)C4)C[C@@H]32)c1. The van der Waals surface area contributed by atoms with Gasteiger partial charge in [-0.3, -0.25) is 9.59 Å². The molecule has 1 N–H and O–H groups in total. The van der Waals surface area contributed by atoms with E-state index in [1.807, 2.05) is 0 Å². The van der Waals surface area contributed by atoms with Crippen LogP contribution in [0.25, 0.3) is 0 Å². The van der Waals surface area contributed by atoms with Crippen LogP contribution < -0.4 is 5.32 Å². The molecule has 4 aliphatic rings. The lowest BCUT2D eigenvalue weighted by Crippen LogP contribution is -2.56. The second-order valence-electron chi connectivity index (χ2n) is 10.4. The third-order valence-electron chi connectivity index (χ3n) is 7.50. The molecule has 4 fully saturated rings. The molecule has 0 unspecified atom stereocenters. The van der Waals surface area contributed by atoms with Gasteiger partial charge in [-0.1, -0.05) is 45.0 Å². The Morgan fingerprint density at radius 2 is 1.89 bits per heavy atom. The minimum Gasteiger partial charge on any atom is -0.351 e. The van der Waals surface area contributed by atoms with Crippen molar-refractivity contribution in [2.45, 2.75) is 63.3 Å². The van der Waals surface area contributed by atoms with E-state index in [9.17, 15) is 9.59 Å². The molecule has 4 nitrogen and oxygen atoms in total. The Balaban J connectivity index is 1.18. The predicted molar refractivity (Wildman–Crippen MR) is 104 cm³/mol. The first kappa shape index (κ1) is 17.3. The molecule has 2 saturated carbocycles. The van der Waals surface area contributed by atoms with Gasteiger partial charge in [0.15, 0.2) is 0 Å². The van der Waals surface area contributed by atoms with Crippen molar-refractivity contribution in [2.24, 2.45) is 17.8 Å². The smallest absolute Gasteiger partial charge is 0.225 e. The summed E-state index contributed by atoms with van der Waals surface area (Å²) in [5.41, 5.74) is 2.99. The van der Waals surface area contributed by atoms with Crippen LogP contribution in [-0.4, -0.2) is 35.3 Å². The van der Waals surface area contributed by atoms with Crippen LogP contribution in [0.2, 0.25) is 0 Å². The van der Waals surface area contributed by atoms with E-state index in [0.717, 1.165) is 32.4 Å². The van der Waals surface area contributed by atoms with Crippen LogP contribution in [0, 0.1) is 17.8 Å². The van der Waals surface area contributed by atoms with Crippen LogP contribution in [-0.2, 0) is 15.0 Å². The topological polar surface area (TPSA) is 49.4 Å². The molecule has 1 aromatic carbocycles. The molecule has 1 spiro atoms. The molecule has 144 valence electrons. The van der Waals surface area contributed by atoms with Crippen molar-refractivity contribution in [2.75, 3.05) is 13.1 Å². The van der Waals surface area contributed by atoms with Crippen molar-refractivity contribution in [3.63, 3.8) is 0 Å². The standard InChI is InChI=1S/C23H30N2O2/c1-22(2,3)16-6-4-5-14(9-16)20-17-12-25(13-18(17)20)21(27)15-10-23(11-15)8-7-19(26)24-23/h4-6,9,15,17-18,20H,7-8,10-13H2,1-3H3,(H,24,26)/t15?,17-,18+,20+,23?. The van der Waals surface area contributed by atoms with Crippen molar-refractivity contribution < 1.29 is 9.59 Å². The Labute approximate surface area is 161 Å². The molecule has 27 heavy (non-hydrogen) atoms. The van der Waals surface area contributed by atoms with E-state index in [-0.39, 0.29) is 22.8 Å². The Morgan fingerprint density at radius 3 is 2.48 bits per heavy atom. The lowest BCUT2D eigenvalue weighted by molar-refractivity contribution is -0.141. The van der Waals surface area contributed by atoms with Crippen LogP contribution >= 0.6 is 0 Å². The number of likely N-dealkylation sites (tertiary alicyclic amines) is 1. The fourth-order valence-electron chi connectivity index (χ4n) is 5.81. The maximum Gasteiger partial charge on any atom is 0.225 e. The molecule has 2 saturated heterocycles. The first-order valence-corrected chi connectivity index (χ1v) is 10.5. The van der Waals surface area contributed by atoms with Gasteiger partial charge >= 0.3 is 0 Å². The molecule has 0 bridgehead atoms. The third-order valence-corrected chi connectivity index (χ3v) is 7.50. The minimum atomic E-state index is -0.0457. The van der Waals surface area contributed by atoms with Crippen molar-refractivity contribution in [3.05, 3.63) is 35.4 Å². The molecule has 3 atom stereocenters. The van der Waals surface area contributed by atoms with Gasteiger partial charge in [-0.25, -0.2) is 0 Å². The average molecular weight is 367 g/mol. The summed E-state index contributed by atoms with van der Waals surface area (Å²) in [5.74, 6) is 2.54. The molecule has 2 heterocycles. The maximum absolute atomic E-state index is 12.9. The van der Waals surface area contributed by atoms with E-state index in [0.29, 0.717) is 30.1 Å². The summed E-state index contributed by atoms with van der Waals surface area (Å²) < 4.78 is 0. The molecule has 2 aliphatic heterocycles. The minimum absolute atomic E-state index is 0.0457. The Morgan fingerprint density at radius 1 is 1.19 bits per heavy atom. The summed E-state index contributed by atoms with van der Waals surface area (Å²) in [5, 5.41) is 3.10. The first-order valence-electron chi connectivity index (χ1n) is 10.5. The number of fused-ring (bicyclic) bond motifs is 1. The van der Waals surface area contributed by atoms with Crippen LogP contribution in [0.5, 0.6) is 0 Å². The zero-order valence-corrected chi connectivity index (χ0v) is 16.6. The quantitative estimate of drug-likeness (QED) is 0.874. The highest BCUT2D eigenvalue weighted by Crippen LogP contribution is 2.59. The molecular weight excluding hydrogens is 336 g/mol. The van der Waals surface area contributed by atoms with Gasteiger partial charge in [-0.05, 0) is 53.6 Å². The lowest BCUT2D eigenvalue weighted by atomic mass is 9.67. The van der Waals surface area contributed by atoms with Gasteiger partial charge in [0.1, 0.15) is 0 Å². The molecule has 0 radical (unpaired) electrons. The molecule has 2 amide bonds. The van der Waals surface area contributed by atoms with Gasteiger partial charge in [0, 0.05) is 31.0 Å². The normalized spacial score (nSPS) is 37.1. The third kappa shape index (κ3) is 2.79. The zero-order valence-electron chi connectivity index (χ0n) is 16.6. The van der Waals surface area contributed by atoms with E-state index >= 15 is 0 Å². The van der Waals surface area contributed by atoms with Gasteiger partial charge in [-0.15, -0.1) is 0 Å². The van der Waals surface area contributed by atoms with Crippen molar-refractivity contribution >= 4 is 11.8 Å². The second-order valence-corrected chi connectivity index (χ2v) is 10.4. The van der Waals surface area contributed by atoms with Crippen LogP contribution in [0.3, 0.4) is 0 Å². The Kier molecular flexibility index (Phi) is 3.57. The highest BCUT2D eigenvalue weighted by atomic mass is 16.2. The fraction of sp³-hybridized carbons (Fsp3) is 0.652. The largest absolute Gasteiger partial charge is 0.351 e. The van der Waals surface area contributed by atoms with Gasteiger partial charge in [0.05, 0.1) is 0 Å². The summed E-state index contributed by atoms with van der Waals surface area (Å²) >= 11 is 0. The number of amides is 2. The van der Waals surface area contributed by atoms with E-state index in [2.05, 4.69) is 55.3 Å². The number of benzene rings is 1. The van der Waals surface area contributed by atoms with Gasteiger partial charge < -0.3 is 10.2 Å². The number of carbonyl (C=O) groups is 2. The lowest BCUT2D eigenvalue weighted by Gasteiger charge is -2.45. The van der Waals surface area contributed by atoms with Crippen molar-refractivity contribution in [1.82, 2.24) is 10.2 Å². The number of hydrogen-bond donors (Lipinski definition) is 1. The maximum atomic E-state index is 12.9. The van der Waals surface area contributed by atoms with E-state index in [4.69, 9.17) is 0 Å². The summed E-state index contributed by atoms with van der Waals surface area (Å²) in [6.07, 6.45) is 3.23.